The topological polar surface area (TPSA) is 0 Å². The molecule has 66 valence electrons. The van der Waals surface area contributed by atoms with Crippen LogP contribution in [0.15, 0.2) is 30.3 Å². The third-order valence-corrected chi connectivity index (χ3v) is 2.29. The summed E-state index contributed by atoms with van der Waals surface area (Å²) in [6, 6.07) is 10.2. The van der Waals surface area contributed by atoms with Gasteiger partial charge in [0.05, 0.1) is 0 Å². The zero-order valence-electron chi connectivity index (χ0n) is 10.5. The molecule has 0 fully saturated rings. The smallest absolute Gasteiger partial charge is 0.311 e. The molecule has 0 bridgehead atoms. The van der Waals surface area contributed by atoms with E-state index in [1.807, 2.05) is 24.3 Å². The molecule has 0 N–H and O–H groups in total. The minimum atomic E-state index is 0. The molecule has 0 atom stereocenters. The van der Waals surface area contributed by atoms with E-state index in [2.05, 4.69) is 26.8 Å². The van der Waals surface area contributed by atoms with Crippen molar-refractivity contribution in [3.05, 3.63) is 67.8 Å². The fraction of sp³-hybridized carbons (Fsp3) is 0. The van der Waals surface area contributed by atoms with E-state index in [9.17, 15) is 0 Å². The van der Waals surface area contributed by atoms with Crippen LogP contribution in [0.25, 0.3) is 10.8 Å². The van der Waals surface area contributed by atoms with E-state index in [0.29, 0.717) is 0 Å². The van der Waals surface area contributed by atoms with Gasteiger partial charge in [-0.15, -0.1) is 6.07 Å². The van der Waals surface area contributed by atoms with Crippen molar-refractivity contribution in [1.29, 1.82) is 0 Å². The molecular weight excluding hydrogens is 177 g/mol. The van der Waals surface area contributed by atoms with Crippen molar-refractivity contribution in [3.8, 4) is 0 Å². The fourth-order valence-electron chi connectivity index (χ4n) is 1.48. The number of rotatable bonds is 0. The van der Waals surface area contributed by atoms with Crippen LogP contribution in [0.2, 0.25) is 0 Å². The summed E-state index contributed by atoms with van der Waals surface area (Å²) >= 11 is 0. The number of fused-ring (bicyclic) bond motifs is 1. The van der Waals surface area contributed by atoms with Gasteiger partial charge < -0.3 is 11.1 Å². The molecule has 3 heteroatoms. The second kappa shape index (κ2) is 7.43. The summed E-state index contributed by atoms with van der Waals surface area (Å²) in [5, 5.41) is 2.35. The Morgan fingerprint density at radius 1 is 0.688 bits per heavy atom. The third kappa shape index (κ3) is 3.55. The Morgan fingerprint density at radius 2 is 1.25 bits per heavy atom. The first kappa shape index (κ1) is 18.5. The quantitative estimate of drug-likeness (QED) is 0.285. The van der Waals surface area contributed by atoms with Crippen molar-refractivity contribution in [2.75, 3.05) is 0 Å². The fourth-order valence-corrected chi connectivity index (χ4v) is 1.48. The number of benzene rings is 2. The van der Waals surface area contributed by atoms with Crippen LogP contribution < -0.4 is 56.6 Å². The standard InChI is InChI=1S/C13H11.3Li/c1-9-5-4-6-12-7-10(2)11(3)8-13(9)12;;;/h4-8H,1-3H2;;;/q-3;3*+1. The maximum atomic E-state index is 3.97. The summed E-state index contributed by atoms with van der Waals surface area (Å²) in [6.45, 7) is 11.8. The molecule has 0 aliphatic carbocycles. The minimum Gasteiger partial charge on any atom is -0.311 e. The van der Waals surface area contributed by atoms with Crippen molar-refractivity contribution >= 4 is 10.8 Å². The van der Waals surface area contributed by atoms with E-state index in [4.69, 9.17) is 0 Å². The van der Waals surface area contributed by atoms with Gasteiger partial charge >= 0.3 is 56.6 Å². The predicted molar refractivity (Wildman–Crippen MR) is 57.3 cm³/mol. The van der Waals surface area contributed by atoms with Gasteiger partial charge in [0.2, 0.25) is 0 Å². The van der Waals surface area contributed by atoms with Crippen LogP contribution in [0.1, 0.15) is 16.7 Å². The van der Waals surface area contributed by atoms with Gasteiger partial charge in [-0.2, -0.15) is 18.4 Å². The molecule has 2 rings (SSSR count). The Balaban J connectivity index is 0. The minimum absolute atomic E-state index is 0. The summed E-state index contributed by atoms with van der Waals surface area (Å²) in [4.78, 5) is 0. The Hall–Kier alpha value is 0.102. The number of hydrogen-bond donors (Lipinski definition) is 0. The summed E-state index contributed by atoms with van der Waals surface area (Å²) in [5.41, 5.74) is 3.00. The molecule has 0 saturated heterocycles. The molecule has 0 saturated carbocycles. The first-order valence-electron chi connectivity index (χ1n) is 4.21. The molecular formula is C13H11Li3. The van der Waals surface area contributed by atoms with Gasteiger partial charge in [-0.1, -0.05) is 6.07 Å². The van der Waals surface area contributed by atoms with Crippen molar-refractivity contribution in [2.24, 2.45) is 0 Å². The Kier molecular flexibility index (Phi) is 8.58. The van der Waals surface area contributed by atoms with Crippen molar-refractivity contribution in [1.82, 2.24) is 0 Å². The molecule has 0 aliphatic rings. The average molecular weight is 188 g/mol. The molecule has 0 aromatic heterocycles. The Bertz CT molecular complexity index is 464. The Morgan fingerprint density at radius 3 is 1.88 bits per heavy atom. The van der Waals surface area contributed by atoms with Gasteiger partial charge in [0.1, 0.15) is 0 Å². The Labute approximate surface area is 134 Å². The van der Waals surface area contributed by atoms with Crippen LogP contribution in [-0.2, 0) is 0 Å². The van der Waals surface area contributed by atoms with E-state index in [-0.39, 0.29) is 56.6 Å². The van der Waals surface area contributed by atoms with Crippen molar-refractivity contribution < 1.29 is 56.6 Å². The largest absolute Gasteiger partial charge is 1.00 e. The first-order valence-corrected chi connectivity index (χ1v) is 4.21. The van der Waals surface area contributed by atoms with Gasteiger partial charge in [0, 0.05) is 0 Å². The second-order valence-electron chi connectivity index (χ2n) is 3.26. The van der Waals surface area contributed by atoms with Crippen LogP contribution in [0, 0.1) is 20.8 Å². The maximum absolute atomic E-state index is 3.97. The van der Waals surface area contributed by atoms with Gasteiger partial charge in [-0.3, -0.25) is 19.9 Å². The molecule has 2 aromatic carbocycles. The van der Waals surface area contributed by atoms with E-state index in [1.54, 1.807) is 0 Å². The van der Waals surface area contributed by atoms with Crippen LogP contribution in [0.4, 0.5) is 0 Å². The normalized spacial score (nSPS) is 8.50. The average Bonchev–Trinajstić information content (AvgIpc) is 2.09. The van der Waals surface area contributed by atoms with Crippen LogP contribution in [-0.4, -0.2) is 0 Å². The molecule has 0 amide bonds. The van der Waals surface area contributed by atoms with Gasteiger partial charge in [0.15, 0.2) is 0 Å². The van der Waals surface area contributed by atoms with E-state index >= 15 is 0 Å². The van der Waals surface area contributed by atoms with Crippen molar-refractivity contribution in [3.63, 3.8) is 0 Å². The van der Waals surface area contributed by atoms with Crippen LogP contribution >= 0.6 is 0 Å². The molecule has 0 spiro atoms. The zero-order valence-corrected chi connectivity index (χ0v) is 10.5. The summed E-state index contributed by atoms with van der Waals surface area (Å²) in [5.74, 6) is 0. The molecule has 0 aliphatic heterocycles. The van der Waals surface area contributed by atoms with E-state index < -0.39 is 0 Å². The number of hydrogen-bond acceptors (Lipinski definition) is 0. The molecule has 0 radical (unpaired) electrons. The molecule has 0 unspecified atom stereocenters. The van der Waals surface area contributed by atoms with Crippen LogP contribution in [0.5, 0.6) is 0 Å². The summed E-state index contributed by atoms with van der Waals surface area (Å²) in [7, 11) is 0. The third-order valence-electron chi connectivity index (χ3n) is 2.29. The van der Waals surface area contributed by atoms with Crippen molar-refractivity contribution in [2.45, 2.75) is 0 Å². The SMILES string of the molecule is [CH2-]c1cc2cccc([CH2-])c2cc1[CH2-].[Li+].[Li+].[Li+]. The molecule has 2 aromatic rings. The van der Waals surface area contributed by atoms with Gasteiger partial charge in [-0.05, 0) is 0 Å². The molecule has 0 heterocycles. The monoisotopic (exact) mass is 188 g/mol. The summed E-state index contributed by atoms with van der Waals surface area (Å²) in [6.07, 6.45) is 0. The first-order chi connectivity index (χ1) is 6.18. The zero-order chi connectivity index (χ0) is 9.42. The maximum Gasteiger partial charge on any atom is 1.00 e. The van der Waals surface area contributed by atoms with Gasteiger partial charge in [0.25, 0.3) is 0 Å². The van der Waals surface area contributed by atoms with E-state index in [0.717, 1.165) is 16.7 Å². The molecule has 0 nitrogen and oxygen atoms in total. The predicted octanol–water partition coefficient (Wildman–Crippen LogP) is -5.60. The second-order valence-corrected chi connectivity index (χ2v) is 3.26. The summed E-state index contributed by atoms with van der Waals surface area (Å²) < 4.78 is 0. The molecule has 16 heavy (non-hydrogen) atoms. The van der Waals surface area contributed by atoms with Gasteiger partial charge in [-0.25, -0.2) is 17.0 Å². The van der Waals surface area contributed by atoms with E-state index in [1.165, 1.54) is 10.8 Å². The van der Waals surface area contributed by atoms with Crippen LogP contribution in [0.3, 0.4) is 0 Å².